The number of hydrogen-bond acceptors (Lipinski definition) is 12. The molecule has 0 aliphatic carbocycles. The highest BCUT2D eigenvalue weighted by Gasteiger charge is 2.40. The second-order valence-corrected chi connectivity index (χ2v) is 15.6. The number of imide groups is 2. The second-order valence-electron chi connectivity index (χ2n) is 13.6. The Morgan fingerprint density at radius 1 is 0.590 bits per heavy atom. The van der Waals surface area contributed by atoms with Crippen LogP contribution in [0.25, 0.3) is 27.1 Å². The van der Waals surface area contributed by atoms with Crippen LogP contribution in [0, 0.1) is 40.6 Å². The van der Waals surface area contributed by atoms with Crippen LogP contribution in [0.4, 0.5) is 28.4 Å². The third-order valence-electron chi connectivity index (χ3n) is 10.2. The molecular formula is C45H24N8O7S. The predicted octanol–water partition coefficient (Wildman–Crippen LogP) is 6.79. The van der Waals surface area contributed by atoms with Gasteiger partial charge in [0.1, 0.15) is 5.75 Å². The van der Waals surface area contributed by atoms with Crippen molar-refractivity contribution in [2.75, 3.05) is 28.4 Å². The molecule has 0 saturated carbocycles. The van der Waals surface area contributed by atoms with E-state index in [1.54, 1.807) is 0 Å². The number of amides is 4. The number of methoxy groups -OCH3 is 1. The number of hydrogen-bond donors (Lipinski definition) is 2. The summed E-state index contributed by atoms with van der Waals surface area (Å²) < 4.78 is 33.3. The largest absolute Gasteiger partial charge is 0.495 e. The maximum Gasteiger partial charge on any atom is 0.266 e. The lowest BCUT2D eigenvalue weighted by Crippen LogP contribution is -2.29. The number of nitrogens with two attached hydrogens (primary N) is 2. The number of carbonyl (C=O) groups excluding carboxylic acids is 4. The minimum atomic E-state index is -4.30. The van der Waals surface area contributed by atoms with Crippen molar-refractivity contribution in [3.63, 3.8) is 0 Å². The van der Waals surface area contributed by atoms with Crippen molar-refractivity contribution in [3.05, 3.63) is 153 Å². The fourth-order valence-corrected chi connectivity index (χ4v) is 8.72. The molecule has 0 radical (unpaired) electrons. The number of nitrogen functional groups attached to an aromatic ring is 2. The molecular weight excluding hydrogens is 797 g/mol. The van der Waals surface area contributed by atoms with Crippen molar-refractivity contribution in [1.82, 2.24) is 0 Å². The van der Waals surface area contributed by atoms with Gasteiger partial charge in [0.05, 0.1) is 92.0 Å². The SMILES string of the molecule is [C-]#[N+]c1cc(N)cc(C#N)c1-c1ccc2c(c1)C(=O)N(c1ccc(S(=O)(=O)c3ccc(N4C(=O)c5ccc(-c6c(C#N)cc(N)cc6C#N)cc5C4=O)cc3)cc1OC)C2=O. The van der Waals surface area contributed by atoms with E-state index in [1.807, 2.05) is 18.2 Å². The van der Waals surface area contributed by atoms with Crippen LogP contribution in [0.5, 0.6) is 5.75 Å². The molecule has 0 unspecified atom stereocenters. The lowest BCUT2D eigenvalue weighted by Gasteiger charge is -2.18. The molecule has 2 aliphatic rings. The van der Waals surface area contributed by atoms with Crippen LogP contribution in [0.3, 0.4) is 0 Å². The zero-order chi connectivity index (χ0) is 43.5. The van der Waals surface area contributed by atoms with Crippen molar-refractivity contribution in [3.8, 4) is 46.2 Å². The maximum absolute atomic E-state index is 13.9. The number of ether oxygens (including phenoxy) is 1. The Balaban J connectivity index is 1.06. The Morgan fingerprint density at radius 3 is 1.61 bits per heavy atom. The first-order valence-electron chi connectivity index (χ1n) is 17.8. The van der Waals surface area contributed by atoms with Crippen molar-refractivity contribution < 1.29 is 32.3 Å². The summed E-state index contributed by atoms with van der Waals surface area (Å²) in [7, 11) is -3.06. The van der Waals surface area contributed by atoms with E-state index in [-0.39, 0.29) is 94.0 Å². The van der Waals surface area contributed by atoms with Crippen LogP contribution in [0.2, 0.25) is 0 Å². The molecule has 6 aromatic rings. The molecule has 2 aliphatic heterocycles. The van der Waals surface area contributed by atoms with Gasteiger partial charge in [-0.15, -0.1) is 0 Å². The smallest absolute Gasteiger partial charge is 0.266 e. The van der Waals surface area contributed by atoms with E-state index in [0.29, 0.717) is 11.1 Å². The van der Waals surface area contributed by atoms with Gasteiger partial charge in [0.2, 0.25) is 9.84 Å². The molecule has 16 heteroatoms. The van der Waals surface area contributed by atoms with Gasteiger partial charge < -0.3 is 16.2 Å². The first-order chi connectivity index (χ1) is 29.2. The third kappa shape index (κ3) is 6.05. The van der Waals surface area contributed by atoms with Crippen LogP contribution >= 0.6 is 0 Å². The average molecular weight is 821 g/mol. The highest BCUT2D eigenvalue weighted by atomic mass is 32.2. The number of fused-ring (bicyclic) bond motifs is 2. The second kappa shape index (κ2) is 14.4. The highest BCUT2D eigenvalue weighted by molar-refractivity contribution is 7.91. The van der Waals surface area contributed by atoms with Crippen molar-refractivity contribution in [2.24, 2.45) is 0 Å². The lowest BCUT2D eigenvalue weighted by atomic mass is 9.92. The summed E-state index contributed by atoms with van der Waals surface area (Å²) in [6, 6.07) is 28.9. The first-order valence-corrected chi connectivity index (χ1v) is 19.3. The molecule has 2 heterocycles. The molecule has 61 heavy (non-hydrogen) atoms. The van der Waals surface area contributed by atoms with Gasteiger partial charge in [-0.25, -0.2) is 23.1 Å². The predicted molar refractivity (Wildman–Crippen MR) is 220 cm³/mol. The molecule has 4 amide bonds. The third-order valence-corrected chi connectivity index (χ3v) is 12.0. The summed E-state index contributed by atoms with van der Waals surface area (Å²) in [6.07, 6.45) is 0. The van der Waals surface area contributed by atoms with Crippen LogP contribution in [-0.2, 0) is 9.84 Å². The Labute approximate surface area is 346 Å². The normalized spacial score (nSPS) is 12.9. The molecule has 6 aromatic carbocycles. The fourth-order valence-electron chi connectivity index (χ4n) is 7.45. The summed E-state index contributed by atoms with van der Waals surface area (Å²) >= 11 is 0. The van der Waals surface area contributed by atoms with Crippen LogP contribution in [0.15, 0.2) is 113 Å². The molecule has 8 rings (SSSR count). The average Bonchev–Trinajstić information content (AvgIpc) is 3.67. The highest BCUT2D eigenvalue weighted by Crippen LogP contribution is 2.42. The molecule has 4 N–H and O–H groups in total. The molecule has 0 aromatic heterocycles. The number of carbonyl (C=O) groups is 4. The molecule has 292 valence electrons. The number of sulfone groups is 1. The Morgan fingerprint density at radius 2 is 1.07 bits per heavy atom. The summed E-state index contributed by atoms with van der Waals surface area (Å²) in [5, 5.41) is 29.2. The molecule has 0 spiro atoms. The molecule has 0 atom stereocenters. The van der Waals surface area contributed by atoms with Gasteiger partial charge in [-0.05, 0) is 96.1 Å². The van der Waals surface area contributed by atoms with E-state index in [1.165, 1.54) is 104 Å². The standard InChI is InChI=1S/C45H24N8O7S/c1-51-37-18-29(50)15-27(22-48)41(37)24-4-11-34-36(17-24)45(57)53(43(34)55)38-12-9-32(19-39(38)60-2)61(58,59)31-7-5-30(6-8-31)52-42(54)33-10-3-23(16-35(33)44(52)56)40-25(20-46)13-28(49)14-26(40)21-47/h3-19H,49-50H2,2H3. The summed E-state index contributed by atoms with van der Waals surface area (Å²) in [6.45, 7) is 7.60. The van der Waals surface area contributed by atoms with Gasteiger partial charge in [-0.3, -0.25) is 19.2 Å². The van der Waals surface area contributed by atoms with E-state index in [9.17, 15) is 43.4 Å². The topological polar surface area (TPSA) is 246 Å². The van der Waals surface area contributed by atoms with Crippen molar-refractivity contribution in [1.29, 1.82) is 15.8 Å². The number of nitrogens with zero attached hydrogens (tertiary/aromatic N) is 6. The van der Waals surface area contributed by atoms with E-state index in [0.717, 1.165) is 15.9 Å². The Kier molecular flexibility index (Phi) is 9.14. The van der Waals surface area contributed by atoms with Crippen LogP contribution < -0.4 is 26.0 Å². The monoisotopic (exact) mass is 820 g/mol. The van der Waals surface area contributed by atoms with Gasteiger partial charge in [0.25, 0.3) is 23.6 Å². The van der Waals surface area contributed by atoms with Gasteiger partial charge >= 0.3 is 0 Å². The van der Waals surface area contributed by atoms with Crippen molar-refractivity contribution in [2.45, 2.75) is 9.79 Å². The summed E-state index contributed by atoms with van der Waals surface area (Å²) in [5.41, 5.74) is 13.8. The minimum Gasteiger partial charge on any atom is -0.495 e. The Hall–Kier alpha value is -9.09. The van der Waals surface area contributed by atoms with Gasteiger partial charge in [-0.2, -0.15) is 15.8 Å². The van der Waals surface area contributed by atoms with E-state index in [4.69, 9.17) is 22.8 Å². The Bertz CT molecular complexity index is 3250. The van der Waals surface area contributed by atoms with E-state index >= 15 is 0 Å². The van der Waals surface area contributed by atoms with E-state index < -0.39 is 33.5 Å². The lowest BCUT2D eigenvalue weighted by molar-refractivity contribution is 0.0910. The zero-order valence-electron chi connectivity index (χ0n) is 31.4. The van der Waals surface area contributed by atoms with E-state index in [2.05, 4.69) is 4.85 Å². The van der Waals surface area contributed by atoms with Crippen LogP contribution in [0.1, 0.15) is 58.1 Å². The number of rotatable bonds is 7. The zero-order valence-corrected chi connectivity index (χ0v) is 32.2. The quantitative estimate of drug-likeness (QED) is 0.0960. The van der Waals surface area contributed by atoms with Gasteiger partial charge in [0.15, 0.2) is 5.69 Å². The first kappa shape index (κ1) is 38.8. The minimum absolute atomic E-state index is 0.0127. The molecule has 0 bridgehead atoms. The fraction of sp³-hybridized carbons (Fsp3) is 0.0222. The maximum atomic E-state index is 13.9. The number of anilines is 4. The number of nitriles is 3. The molecule has 0 saturated heterocycles. The van der Waals surface area contributed by atoms with Crippen molar-refractivity contribution >= 4 is 61.9 Å². The van der Waals surface area contributed by atoms with Gasteiger partial charge in [0, 0.05) is 28.6 Å². The molecule has 15 nitrogen and oxygen atoms in total. The summed E-state index contributed by atoms with van der Waals surface area (Å²) in [4.78, 5) is 59.4. The number of benzene rings is 6. The summed E-state index contributed by atoms with van der Waals surface area (Å²) in [5.74, 6) is -2.97. The van der Waals surface area contributed by atoms with Crippen LogP contribution in [-0.4, -0.2) is 39.2 Å². The molecule has 0 fully saturated rings. The van der Waals surface area contributed by atoms with Gasteiger partial charge in [-0.1, -0.05) is 12.1 Å².